The molecule has 6 aromatic rings. The Balaban J connectivity index is 1.66. The second kappa shape index (κ2) is 9.35. The monoisotopic (exact) mass is 495 g/mol. The lowest BCUT2D eigenvalue weighted by molar-refractivity contribution is 0.103. The first-order chi connectivity index (χ1) is 18.5. The van der Waals surface area contributed by atoms with E-state index in [1.165, 1.54) is 5.56 Å². The van der Waals surface area contributed by atoms with Crippen LogP contribution in [0.2, 0.25) is 0 Å². The summed E-state index contributed by atoms with van der Waals surface area (Å²) in [6.07, 6.45) is 0. The molecule has 186 valence electrons. The van der Waals surface area contributed by atoms with Gasteiger partial charge in [-0.05, 0) is 78.9 Å². The SMILES string of the molecule is COc1ccc2c(c1)c1cc(-c3ccccc3)ccc1n2-c1c(C)cc(C)c(C(=O)c2ccccc2)c1C. The van der Waals surface area contributed by atoms with Crippen LogP contribution < -0.4 is 4.74 Å². The van der Waals surface area contributed by atoms with Crippen molar-refractivity contribution in [2.45, 2.75) is 20.8 Å². The number of ether oxygens (including phenoxy) is 1. The molecule has 6 rings (SSSR count). The van der Waals surface area contributed by atoms with Crippen molar-refractivity contribution in [3.05, 3.63) is 131 Å². The summed E-state index contributed by atoms with van der Waals surface area (Å²) in [5, 5.41) is 2.27. The van der Waals surface area contributed by atoms with Crippen molar-refractivity contribution >= 4 is 27.6 Å². The Bertz CT molecular complexity index is 1830. The van der Waals surface area contributed by atoms with Crippen molar-refractivity contribution in [1.29, 1.82) is 0 Å². The summed E-state index contributed by atoms with van der Waals surface area (Å²) >= 11 is 0. The van der Waals surface area contributed by atoms with E-state index in [9.17, 15) is 4.79 Å². The van der Waals surface area contributed by atoms with Crippen LogP contribution >= 0.6 is 0 Å². The van der Waals surface area contributed by atoms with Gasteiger partial charge in [-0.3, -0.25) is 4.79 Å². The van der Waals surface area contributed by atoms with E-state index in [-0.39, 0.29) is 5.78 Å². The average molecular weight is 496 g/mol. The Kier molecular flexibility index (Phi) is 5.84. The van der Waals surface area contributed by atoms with Crippen LogP contribution in [0.5, 0.6) is 5.75 Å². The molecule has 0 bridgehead atoms. The number of rotatable bonds is 5. The van der Waals surface area contributed by atoms with Crippen molar-refractivity contribution < 1.29 is 9.53 Å². The van der Waals surface area contributed by atoms with Crippen LogP contribution in [0.1, 0.15) is 32.6 Å². The Morgan fingerprint density at radius 1 is 0.658 bits per heavy atom. The third kappa shape index (κ3) is 3.79. The molecule has 0 fully saturated rings. The van der Waals surface area contributed by atoms with Crippen molar-refractivity contribution in [3.63, 3.8) is 0 Å². The summed E-state index contributed by atoms with van der Waals surface area (Å²) in [7, 11) is 1.70. The smallest absolute Gasteiger partial charge is 0.193 e. The van der Waals surface area contributed by atoms with Gasteiger partial charge in [0.2, 0.25) is 0 Å². The standard InChI is InChI=1S/C35H29NO2/c1-22-19-23(2)34(24(3)33(22)35(37)26-13-9-6-10-14-26)36-31-17-15-27(25-11-7-5-8-12-25)20-29(31)30-21-28(38-4)16-18-32(30)36/h5-21H,1-4H3. The average Bonchev–Trinajstić information content (AvgIpc) is 3.26. The van der Waals surface area contributed by atoms with E-state index in [0.29, 0.717) is 5.56 Å². The number of carbonyl (C=O) groups is 1. The maximum absolute atomic E-state index is 13.7. The van der Waals surface area contributed by atoms with Gasteiger partial charge in [0.25, 0.3) is 0 Å². The second-order valence-corrected chi connectivity index (χ2v) is 9.87. The molecule has 0 saturated heterocycles. The molecule has 0 N–H and O–H groups in total. The first kappa shape index (κ1) is 23.7. The van der Waals surface area contributed by atoms with Gasteiger partial charge in [0.05, 0.1) is 23.8 Å². The molecule has 5 aromatic carbocycles. The summed E-state index contributed by atoms with van der Waals surface area (Å²) in [5.41, 5.74) is 10.1. The predicted molar refractivity (Wildman–Crippen MR) is 157 cm³/mol. The number of methoxy groups -OCH3 is 1. The molecule has 0 spiro atoms. The van der Waals surface area contributed by atoms with Gasteiger partial charge in [0.15, 0.2) is 5.78 Å². The lowest BCUT2D eigenvalue weighted by Gasteiger charge is -2.19. The van der Waals surface area contributed by atoms with Gasteiger partial charge in [0.1, 0.15) is 5.75 Å². The minimum atomic E-state index is 0.0515. The fourth-order valence-electron chi connectivity index (χ4n) is 5.78. The van der Waals surface area contributed by atoms with Crippen LogP contribution in [0.15, 0.2) is 103 Å². The van der Waals surface area contributed by atoms with E-state index in [1.54, 1.807) is 7.11 Å². The number of aromatic nitrogens is 1. The van der Waals surface area contributed by atoms with Crippen LogP contribution in [0.4, 0.5) is 0 Å². The highest BCUT2D eigenvalue weighted by Crippen LogP contribution is 2.39. The molecule has 0 aliphatic rings. The van der Waals surface area contributed by atoms with E-state index >= 15 is 0 Å². The van der Waals surface area contributed by atoms with Gasteiger partial charge in [-0.25, -0.2) is 0 Å². The first-order valence-electron chi connectivity index (χ1n) is 12.9. The third-order valence-electron chi connectivity index (χ3n) is 7.50. The van der Waals surface area contributed by atoms with Crippen LogP contribution in [0.3, 0.4) is 0 Å². The van der Waals surface area contributed by atoms with Crippen LogP contribution in [0, 0.1) is 20.8 Å². The minimum Gasteiger partial charge on any atom is -0.497 e. The Labute approximate surface area is 222 Å². The number of nitrogens with zero attached hydrogens (tertiary/aromatic N) is 1. The number of hydrogen-bond donors (Lipinski definition) is 0. The number of benzene rings is 5. The van der Waals surface area contributed by atoms with E-state index in [2.05, 4.69) is 79.1 Å². The normalized spacial score (nSPS) is 11.3. The van der Waals surface area contributed by atoms with Crippen LogP contribution in [-0.4, -0.2) is 17.5 Å². The molecule has 0 atom stereocenters. The summed E-state index contributed by atoms with van der Waals surface area (Å²) in [6.45, 7) is 6.24. The van der Waals surface area contributed by atoms with E-state index < -0.39 is 0 Å². The number of fused-ring (bicyclic) bond motifs is 3. The Hall–Kier alpha value is -4.63. The Morgan fingerprint density at radius 3 is 1.97 bits per heavy atom. The molecule has 1 aromatic heterocycles. The Morgan fingerprint density at radius 2 is 1.29 bits per heavy atom. The number of hydrogen-bond acceptors (Lipinski definition) is 2. The molecule has 0 radical (unpaired) electrons. The fourth-order valence-corrected chi connectivity index (χ4v) is 5.78. The van der Waals surface area contributed by atoms with Gasteiger partial charge < -0.3 is 9.30 Å². The van der Waals surface area contributed by atoms with Gasteiger partial charge in [-0.15, -0.1) is 0 Å². The minimum absolute atomic E-state index is 0.0515. The highest BCUT2D eigenvalue weighted by Gasteiger charge is 2.22. The molecule has 0 saturated carbocycles. The molecular formula is C35H29NO2. The molecule has 3 heteroatoms. The van der Waals surface area contributed by atoms with Gasteiger partial charge in [0, 0.05) is 21.9 Å². The highest BCUT2D eigenvalue weighted by atomic mass is 16.5. The third-order valence-corrected chi connectivity index (χ3v) is 7.50. The van der Waals surface area contributed by atoms with Crippen LogP contribution in [0.25, 0.3) is 38.6 Å². The van der Waals surface area contributed by atoms with E-state index in [4.69, 9.17) is 4.74 Å². The molecule has 3 nitrogen and oxygen atoms in total. The topological polar surface area (TPSA) is 31.2 Å². The van der Waals surface area contributed by atoms with E-state index in [1.807, 2.05) is 49.4 Å². The number of carbonyl (C=O) groups excluding carboxylic acids is 1. The largest absolute Gasteiger partial charge is 0.497 e. The molecule has 1 heterocycles. The number of aryl methyl sites for hydroxylation is 2. The second-order valence-electron chi connectivity index (χ2n) is 9.87. The zero-order chi connectivity index (χ0) is 26.4. The summed E-state index contributed by atoms with van der Waals surface area (Å²) in [5.74, 6) is 0.870. The zero-order valence-corrected chi connectivity index (χ0v) is 22.1. The molecule has 0 aliphatic heterocycles. The van der Waals surface area contributed by atoms with Gasteiger partial charge >= 0.3 is 0 Å². The maximum atomic E-state index is 13.7. The highest BCUT2D eigenvalue weighted by molar-refractivity contribution is 6.13. The molecular weight excluding hydrogens is 466 g/mol. The molecule has 0 aliphatic carbocycles. The lowest BCUT2D eigenvalue weighted by Crippen LogP contribution is -2.11. The van der Waals surface area contributed by atoms with Crippen molar-refractivity contribution in [1.82, 2.24) is 4.57 Å². The molecule has 0 unspecified atom stereocenters. The van der Waals surface area contributed by atoms with Crippen molar-refractivity contribution in [2.24, 2.45) is 0 Å². The lowest BCUT2D eigenvalue weighted by atomic mass is 9.91. The summed E-state index contributed by atoms with van der Waals surface area (Å²) in [6, 6.07) is 35.0. The molecule has 0 amide bonds. The zero-order valence-electron chi connectivity index (χ0n) is 22.1. The first-order valence-corrected chi connectivity index (χ1v) is 12.9. The van der Waals surface area contributed by atoms with E-state index in [0.717, 1.165) is 61.1 Å². The number of ketones is 1. The maximum Gasteiger partial charge on any atom is 0.193 e. The van der Waals surface area contributed by atoms with Crippen molar-refractivity contribution in [3.8, 4) is 22.6 Å². The summed E-state index contributed by atoms with van der Waals surface area (Å²) in [4.78, 5) is 13.7. The molecule has 38 heavy (non-hydrogen) atoms. The van der Waals surface area contributed by atoms with Crippen LogP contribution in [-0.2, 0) is 0 Å². The van der Waals surface area contributed by atoms with Gasteiger partial charge in [-0.2, -0.15) is 0 Å². The summed E-state index contributed by atoms with van der Waals surface area (Å²) < 4.78 is 7.92. The quantitative estimate of drug-likeness (QED) is 0.224. The van der Waals surface area contributed by atoms with Crippen molar-refractivity contribution in [2.75, 3.05) is 7.11 Å². The fraction of sp³-hybridized carbons (Fsp3) is 0.114. The predicted octanol–water partition coefficient (Wildman–Crippen LogP) is 8.62. The van der Waals surface area contributed by atoms with Gasteiger partial charge in [-0.1, -0.05) is 72.8 Å².